The van der Waals surface area contributed by atoms with E-state index in [2.05, 4.69) is 72.9 Å². The minimum atomic E-state index is -4.66. The molecule has 5 aromatic rings. The molecule has 2 aliphatic carbocycles. The largest absolute Gasteiger partial charge is 0.436 e. The van der Waals surface area contributed by atoms with Gasteiger partial charge in [0.2, 0.25) is 11.7 Å². The molecule has 4 aliphatic rings. The second kappa shape index (κ2) is 17.9. The van der Waals surface area contributed by atoms with Gasteiger partial charge in [-0.2, -0.15) is 4.98 Å². The normalized spacial score (nSPS) is 22.8. The molecular formula is C47H57N9O8S. The van der Waals surface area contributed by atoms with Gasteiger partial charge in [-0.1, -0.05) is 38.1 Å². The summed E-state index contributed by atoms with van der Waals surface area (Å²) in [5, 5.41) is 26.2. The summed E-state index contributed by atoms with van der Waals surface area (Å²) in [5.41, 5.74) is 2.17. The van der Waals surface area contributed by atoms with Crippen LogP contribution in [0.3, 0.4) is 0 Å². The minimum Gasteiger partial charge on any atom is -0.436 e. The molecule has 6 heterocycles. The van der Waals surface area contributed by atoms with Crippen LogP contribution in [0.1, 0.15) is 106 Å². The number of aliphatic hydroxyl groups is 1. The Balaban J connectivity index is 0.898. The van der Waals surface area contributed by atoms with Gasteiger partial charge in [0.1, 0.15) is 27.7 Å². The molecule has 0 radical (unpaired) electrons. The fourth-order valence-corrected chi connectivity index (χ4v) is 11.2. The number of nitrogens with one attached hydrogen (secondary N) is 3. The van der Waals surface area contributed by atoms with Crippen molar-refractivity contribution >= 4 is 44.3 Å². The van der Waals surface area contributed by atoms with Gasteiger partial charge in [-0.15, -0.1) is 0 Å². The molecule has 17 nitrogen and oxygen atoms in total. The summed E-state index contributed by atoms with van der Waals surface area (Å²) in [6.45, 7) is 10.5. The molecule has 18 heteroatoms. The molecule has 4 fully saturated rings. The number of rotatable bonds is 13. The lowest BCUT2D eigenvalue weighted by molar-refractivity contribution is -0.384. The van der Waals surface area contributed by atoms with Crippen LogP contribution >= 0.6 is 0 Å². The van der Waals surface area contributed by atoms with Crippen molar-refractivity contribution < 1.29 is 32.7 Å². The van der Waals surface area contributed by atoms with Crippen LogP contribution in [0.2, 0.25) is 0 Å². The number of nitro groups is 1. The number of ether oxygens (including phenoxy) is 2. The van der Waals surface area contributed by atoms with Crippen molar-refractivity contribution in [2.45, 2.75) is 101 Å². The molecular weight excluding hydrogens is 851 g/mol. The molecule has 2 saturated heterocycles. The van der Waals surface area contributed by atoms with E-state index < -0.39 is 37.0 Å². The molecule has 1 spiro atoms. The summed E-state index contributed by atoms with van der Waals surface area (Å²) >= 11 is 0. The average molecular weight is 908 g/mol. The second-order valence-corrected chi connectivity index (χ2v) is 20.6. The van der Waals surface area contributed by atoms with E-state index >= 15 is 0 Å². The Morgan fingerprint density at radius 3 is 2.57 bits per heavy atom. The fraction of sp³-hybridized carbons (Fsp3) is 0.489. The first-order valence-electron chi connectivity index (χ1n) is 22.6. The number of carbonyl (C=O) groups excluding carboxylic acids is 1. The number of morpholine rings is 1. The summed E-state index contributed by atoms with van der Waals surface area (Å²) in [7, 11) is -4.66. The first kappa shape index (κ1) is 44.5. The summed E-state index contributed by atoms with van der Waals surface area (Å²) in [6, 6.07) is 17.1. The molecule has 1 atom stereocenters. The zero-order valence-corrected chi connectivity index (χ0v) is 37.9. The summed E-state index contributed by atoms with van der Waals surface area (Å²) in [4.78, 5) is 46.0. The maximum absolute atomic E-state index is 13.9. The van der Waals surface area contributed by atoms with Gasteiger partial charge in [0.15, 0.2) is 0 Å². The van der Waals surface area contributed by atoms with Crippen LogP contribution in [-0.4, -0.2) is 100 Å². The number of anilines is 2. The van der Waals surface area contributed by atoms with Crippen molar-refractivity contribution in [3.63, 3.8) is 0 Å². The molecule has 0 unspecified atom stereocenters. The number of hydrogen-bond acceptors (Lipinski definition) is 14. The first-order chi connectivity index (χ1) is 31.2. The number of H-pyrrole nitrogens is 1. The quantitative estimate of drug-likeness (QED) is 0.0666. The number of pyridine rings is 3. The molecule has 9 rings (SSSR count). The molecule has 2 aliphatic heterocycles. The van der Waals surface area contributed by atoms with E-state index in [1.54, 1.807) is 25.3 Å². The van der Waals surface area contributed by atoms with Crippen LogP contribution < -0.4 is 19.7 Å². The average Bonchev–Trinajstić information content (AvgIpc) is 3.76. The van der Waals surface area contributed by atoms with Crippen molar-refractivity contribution in [1.82, 2.24) is 29.6 Å². The molecule has 65 heavy (non-hydrogen) atoms. The Morgan fingerprint density at radius 2 is 1.82 bits per heavy atom. The van der Waals surface area contributed by atoms with Crippen LogP contribution in [0.4, 0.5) is 17.3 Å². The molecule has 344 valence electrons. The summed E-state index contributed by atoms with van der Waals surface area (Å²) in [5.74, 6) is 0.210. The van der Waals surface area contributed by atoms with E-state index in [-0.39, 0.29) is 40.4 Å². The number of piperidine rings is 1. The Labute approximate surface area is 378 Å². The lowest BCUT2D eigenvalue weighted by Gasteiger charge is -2.57. The smallest absolute Gasteiger partial charge is 0.312 e. The van der Waals surface area contributed by atoms with E-state index in [4.69, 9.17) is 14.5 Å². The second-order valence-electron chi connectivity index (χ2n) is 18.9. The molecule has 0 bridgehead atoms. The van der Waals surface area contributed by atoms with E-state index in [0.717, 1.165) is 82.4 Å². The number of aromatic nitrogens is 4. The van der Waals surface area contributed by atoms with Gasteiger partial charge >= 0.3 is 5.69 Å². The van der Waals surface area contributed by atoms with Crippen molar-refractivity contribution in [3.8, 4) is 11.6 Å². The van der Waals surface area contributed by atoms with Crippen LogP contribution in [0, 0.1) is 21.4 Å². The lowest BCUT2D eigenvalue weighted by Crippen LogP contribution is -2.58. The highest BCUT2D eigenvalue weighted by atomic mass is 32.2. The Kier molecular flexibility index (Phi) is 12.3. The molecule has 4 N–H and O–H groups in total. The number of nitrogens with zero attached hydrogens (tertiary/aromatic N) is 6. The third-order valence-electron chi connectivity index (χ3n) is 14.1. The highest BCUT2D eigenvalue weighted by Crippen LogP contribution is 2.53. The lowest BCUT2D eigenvalue weighted by atomic mass is 9.59. The molecule has 1 amide bonds. The van der Waals surface area contributed by atoms with Gasteiger partial charge in [0.25, 0.3) is 15.9 Å². The van der Waals surface area contributed by atoms with E-state index in [9.17, 15) is 28.4 Å². The minimum absolute atomic E-state index is 0.0872. The number of hydrogen-bond donors (Lipinski definition) is 4. The van der Waals surface area contributed by atoms with Gasteiger partial charge in [0.05, 0.1) is 42.2 Å². The van der Waals surface area contributed by atoms with Gasteiger partial charge in [-0.05, 0) is 111 Å². The highest BCUT2D eigenvalue weighted by molar-refractivity contribution is 7.90. The van der Waals surface area contributed by atoms with Crippen molar-refractivity contribution in [1.29, 1.82) is 0 Å². The summed E-state index contributed by atoms with van der Waals surface area (Å²) < 4.78 is 41.7. The van der Waals surface area contributed by atoms with Gasteiger partial charge in [-0.25, -0.2) is 23.1 Å². The number of amides is 1. The first-order valence-corrected chi connectivity index (χ1v) is 24.1. The van der Waals surface area contributed by atoms with Crippen LogP contribution in [0.5, 0.6) is 11.6 Å². The number of benzene rings is 1. The Morgan fingerprint density at radius 1 is 1.05 bits per heavy atom. The maximum atomic E-state index is 13.9. The van der Waals surface area contributed by atoms with Crippen LogP contribution in [0.15, 0.2) is 78.1 Å². The van der Waals surface area contributed by atoms with E-state index in [1.165, 1.54) is 23.4 Å². The molecule has 4 aromatic heterocycles. The standard InChI is InChI=1S/C47H57N9O8S/c1-30(2)36-6-4-5-7-37(36)40-29-63-21-20-55(40)33-24-47(25-33)15-18-54(19-16-47)41-9-8-38(45(52-41)64-34-22-32-12-17-48-42(32)50-27-34)44(57)53-65(61,62)35-23-39(56(59)60)43(51-28-35)49-26-31-10-13-46(3,58)14-11-31/h4-9,12,17,22-23,27-28,30-31,33,40,58H,10-11,13-16,18-21,24-26,29H2,1-3H3,(H,48,50)(H,49,51)(H,53,57)/t31?,40-,46?/m1/s1. The van der Waals surface area contributed by atoms with E-state index in [1.807, 2.05) is 6.07 Å². The predicted molar refractivity (Wildman–Crippen MR) is 245 cm³/mol. The third kappa shape index (κ3) is 9.53. The molecule has 1 aromatic carbocycles. The van der Waals surface area contributed by atoms with Gasteiger partial charge in [0, 0.05) is 49.9 Å². The monoisotopic (exact) mass is 907 g/mol. The Bertz CT molecular complexity index is 2660. The SMILES string of the molecule is CC(C)c1ccccc1[C@H]1COCCN1C1CC2(CCN(c3ccc(C(=O)NS(=O)(=O)c4cnc(NCC5CCC(C)(O)CC5)c([N+](=O)[O-])c4)c(Oc4cnc5[nH]ccc5c4)n3)CC2)C1. The van der Waals surface area contributed by atoms with Gasteiger partial charge in [-0.3, -0.25) is 19.8 Å². The highest BCUT2D eigenvalue weighted by Gasteiger charge is 2.50. The van der Waals surface area contributed by atoms with Crippen molar-refractivity contribution in [2.75, 3.05) is 49.6 Å². The van der Waals surface area contributed by atoms with Crippen LogP contribution in [-0.2, 0) is 14.8 Å². The van der Waals surface area contributed by atoms with Crippen molar-refractivity contribution in [2.24, 2.45) is 11.3 Å². The number of carbonyl (C=O) groups is 1. The number of fused-ring (bicyclic) bond motifs is 1. The van der Waals surface area contributed by atoms with Crippen LogP contribution in [0.25, 0.3) is 11.0 Å². The zero-order chi connectivity index (χ0) is 45.5. The number of aromatic amines is 1. The number of sulfonamides is 1. The van der Waals surface area contributed by atoms with Gasteiger partial charge < -0.3 is 29.8 Å². The predicted octanol–water partition coefficient (Wildman–Crippen LogP) is 7.47. The summed E-state index contributed by atoms with van der Waals surface area (Å²) in [6.07, 6.45) is 11.1. The zero-order valence-electron chi connectivity index (χ0n) is 37.0. The van der Waals surface area contributed by atoms with Crippen molar-refractivity contribution in [3.05, 3.63) is 100.0 Å². The fourth-order valence-electron chi connectivity index (χ4n) is 10.2. The molecule has 2 saturated carbocycles. The Hall–Kier alpha value is -5.69. The maximum Gasteiger partial charge on any atom is 0.312 e. The van der Waals surface area contributed by atoms with E-state index in [0.29, 0.717) is 49.4 Å². The third-order valence-corrected chi connectivity index (χ3v) is 15.4. The topological polar surface area (TPSA) is 218 Å².